The van der Waals surface area contributed by atoms with Gasteiger partial charge in [-0.1, -0.05) is 6.07 Å². The summed E-state index contributed by atoms with van der Waals surface area (Å²) >= 11 is 5.29. The summed E-state index contributed by atoms with van der Waals surface area (Å²) < 4.78 is 2.63. The molecule has 0 unspecified atom stereocenters. The molecule has 0 spiro atoms. The lowest BCUT2D eigenvalue weighted by Crippen LogP contribution is -2.29. The first-order valence-electron chi connectivity index (χ1n) is 6.36. The van der Waals surface area contributed by atoms with E-state index >= 15 is 0 Å². The van der Waals surface area contributed by atoms with Gasteiger partial charge in [-0.05, 0) is 45.2 Å². The van der Waals surface area contributed by atoms with Gasteiger partial charge < -0.3 is 4.90 Å². The monoisotopic (exact) mass is 277 g/mol. The Kier molecular flexibility index (Phi) is 4.44. The van der Waals surface area contributed by atoms with E-state index in [1.165, 1.54) is 0 Å². The van der Waals surface area contributed by atoms with E-state index in [9.17, 15) is 0 Å². The first-order valence-corrected chi connectivity index (χ1v) is 6.77. The highest BCUT2D eigenvalue weighted by molar-refractivity contribution is 7.71. The molecule has 0 amide bonds. The summed E-state index contributed by atoms with van der Waals surface area (Å²) in [6.07, 6.45) is 1.76. The molecular formula is C13H19N5S. The van der Waals surface area contributed by atoms with Gasteiger partial charge >= 0.3 is 0 Å². The van der Waals surface area contributed by atoms with Crippen LogP contribution in [0.1, 0.15) is 13.8 Å². The summed E-state index contributed by atoms with van der Waals surface area (Å²) in [6.45, 7) is 6.07. The third kappa shape index (κ3) is 3.27. The minimum absolute atomic E-state index is 0.513. The van der Waals surface area contributed by atoms with Crippen molar-refractivity contribution in [1.29, 1.82) is 0 Å². The van der Waals surface area contributed by atoms with Crippen molar-refractivity contribution in [1.82, 2.24) is 24.6 Å². The molecule has 0 aliphatic carbocycles. The van der Waals surface area contributed by atoms with Crippen molar-refractivity contribution in [2.45, 2.75) is 26.4 Å². The largest absolute Gasteiger partial charge is 0.302 e. The maximum absolute atomic E-state index is 5.29. The number of aromatic nitrogens is 4. The van der Waals surface area contributed by atoms with Gasteiger partial charge in [0, 0.05) is 25.3 Å². The Bertz CT molecular complexity index is 572. The predicted molar refractivity (Wildman–Crippen MR) is 78.4 cm³/mol. The van der Waals surface area contributed by atoms with Crippen LogP contribution >= 0.6 is 12.2 Å². The lowest BCUT2D eigenvalue weighted by Gasteiger charge is -2.21. The van der Waals surface area contributed by atoms with Crippen molar-refractivity contribution < 1.29 is 0 Å². The van der Waals surface area contributed by atoms with Crippen LogP contribution in [0.2, 0.25) is 0 Å². The maximum Gasteiger partial charge on any atom is 0.195 e. The van der Waals surface area contributed by atoms with E-state index in [0.717, 1.165) is 24.6 Å². The van der Waals surface area contributed by atoms with Crippen LogP contribution in [0.15, 0.2) is 24.4 Å². The standard InChI is InChI=1S/C13H19N5S/c1-10(2)17(3)8-9-18-12(15-16-13(18)19)11-6-4-5-7-14-11/h4-7,10H,8-9H2,1-3H3,(H,16,19). The van der Waals surface area contributed by atoms with Crippen LogP contribution in [0.25, 0.3) is 11.5 Å². The van der Waals surface area contributed by atoms with Gasteiger partial charge in [-0.2, -0.15) is 5.10 Å². The molecule has 0 saturated heterocycles. The quantitative estimate of drug-likeness (QED) is 0.852. The van der Waals surface area contributed by atoms with Crippen LogP contribution < -0.4 is 0 Å². The molecule has 2 heterocycles. The second-order valence-electron chi connectivity index (χ2n) is 4.79. The fraction of sp³-hybridized carbons (Fsp3) is 0.462. The Labute approximate surface area is 118 Å². The number of hydrogen-bond acceptors (Lipinski definition) is 4. The zero-order valence-corrected chi connectivity index (χ0v) is 12.3. The third-order valence-electron chi connectivity index (χ3n) is 3.21. The van der Waals surface area contributed by atoms with Gasteiger partial charge in [-0.15, -0.1) is 0 Å². The highest BCUT2D eigenvalue weighted by atomic mass is 32.1. The topological polar surface area (TPSA) is 49.7 Å². The summed E-state index contributed by atoms with van der Waals surface area (Å²) in [5.41, 5.74) is 0.835. The molecule has 0 aliphatic heterocycles. The third-order valence-corrected chi connectivity index (χ3v) is 3.52. The molecule has 6 heteroatoms. The van der Waals surface area contributed by atoms with Crippen LogP contribution in [0.5, 0.6) is 0 Å². The molecule has 0 radical (unpaired) electrons. The molecule has 19 heavy (non-hydrogen) atoms. The molecule has 2 aromatic heterocycles. The number of rotatable bonds is 5. The van der Waals surface area contributed by atoms with Crippen molar-refractivity contribution in [3.63, 3.8) is 0 Å². The van der Waals surface area contributed by atoms with Gasteiger partial charge in [0.1, 0.15) is 5.69 Å². The molecule has 102 valence electrons. The van der Waals surface area contributed by atoms with Crippen molar-refractivity contribution >= 4 is 12.2 Å². The molecule has 0 aliphatic rings. The second-order valence-corrected chi connectivity index (χ2v) is 5.18. The van der Waals surface area contributed by atoms with Gasteiger partial charge in [-0.3, -0.25) is 14.6 Å². The predicted octanol–water partition coefficient (Wildman–Crippen LogP) is 2.34. The summed E-state index contributed by atoms with van der Waals surface area (Å²) in [6, 6.07) is 6.29. The molecular weight excluding hydrogens is 258 g/mol. The van der Waals surface area contributed by atoms with Gasteiger partial charge in [0.2, 0.25) is 0 Å². The van der Waals surface area contributed by atoms with Crippen molar-refractivity contribution in [2.75, 3.05) is 13.6 Å². The Morgan fingerprint density at radius 2 is 2.21 bits per heavy atom. The van der Waals surface area contributed by atoms with Crippen LogP contribution in [0.3, 0.4) is 0 Å². The number of nitrogens with one attached hydrogen (secondary N) is 1. The first kappa shape index (κ1) is 13.9. The molecule has 0 fully saturated rings. The van der Waals surface area contributed by atoms with Crippen molar-refractivity contribution in [3.8, 4) is 11.5 Å². The number of nitrogens with zero attached hydrogens (tertiary/aromatic N) is 4. The zero-order chi connectivity index (χ0) is 13.8. The Morgan fingerprint density at radius 1 is 1.42 bits per heavy atom. The molecule has 0 atom stereocenters. The molecule has 2 aromatic rings. The van der Waals surface area contributed by atoms with E-state index in [4.69, 9.17) is 12.2 Å². The van der Waals surface area contributed by atoms with Gasteiger partial charge in [0.15, 0.2) is 10.6 Å². The maximum atomic E-state index is 5.29. The van der Waals surface area contributed by atoms with E-state index in [2.05, 4.69) is 41.0 Å². The average molecular weight is 277 g/mol. The van der Waals surface area contributed by atoms with E-state index in [-0.39, 0.29) is 0 Å². The van der Waals surface area contributed by atoms with Crippen LogP contribution in [0, 0.1) is 4.77 Å². The molecule has 2 rings (SSSR count). The summed E-state index contributed by atoms with van der Waals surface area (Å²) in [7, 11) is 2.11. The second kappa shape index (κ2) is 6.08. The van der Waals surface area contributed by atoms with E-state index in [1.807, 2.05) is 22.8 Å². The Morgan fingerprint density at radius 3 is 2.84 bits per heavy atom. The van der Waals surface area contributed by atoms with E-state index in [0.29, 0.717) is 10.8 Å². The number of aromatic amines is 1. The lowest BCUT2D eigenvalue weighted by atomic mass is 10.3. The molecule has 0 saturated carbocycles. The van der Waals surface area contributed by atoms with E-state index in [1.54, 1.807) is 6.20 Å². The van der Waals surface area contributed by atoms with Crippen LogP contribution in [-0.4, -0.2) is 44.3 Å². The molecule has 1 N–H and O–H groups in total. The molecule has 0 aromatic carbocycles. The SMILES string of the molecule is CC(C)N(C)CCn1c(-c2ccccn2)n[nH]c1=S. The first-order chi connectivity index (χ1) is 9.09. The number of H-pyrrole nitrogens is 1. The highest BCUT2D eigenvalue weighted by Crippen LogP contribution is 2.13. The molecule has 0 bridgehead atoms. The average Bonchev–Trinajstić information content (AvgIpc) is 2.78. The Balaban J connectivity index is 2.22. The van der Waals surface area contributed by atoms with Gasteiger partial charge in [-0.25, -0.2) is 0 Å². The number of hydrogen-bond donors (Lipinski definition) is 1. The minimum Gasteiger partial charge on any atom is -0.302 e. The normalized spacial score (nSPS) is 11.4. The minimum atomic E-state index is 0.513. The van der Waals surface area contributed by atoms with Crippen molar-refractivity contribution in [2.24, 2.45) is 0 Å². The zero-order valence-electron chi connectivity index (χ0n) is 11.5. The summed E-state index contributed by atoms with van der Waals surface area (Å²) in [4.78, 5) is 6.60. The number of pyridine rings is 1. The van der Waals surface area contributed by atoms with Gasteiger partial charge in [0.25, 0.3) is 0 Å². The number of likely N-dealkylation sites (N-methyl/N-ethyl adjacent to an activating group) is 1. The summed E-state index contributed by atoms with van der Waals surface area (Å²) in [5.74, 6) is 0.794. The van der Waals surface area contributed by atoms with Crippen LogP contribution in [-0.2, 0) is 6.54 Å². The smallest absolute Gasteiger partial charge is 0.195 e. The summed E-state index contributed by atoms with van der Waals surface area (Å²) in [5, 5.41) is 7.12. The molecule has 5 nitrogen and oxygen atoms in total. The Hall–Kier alpha value is -1.53. The van der Waals surface area contributed by atoms with Gasteiger partial charge in [0.05, 0.1) is 0 Å². The fourth-order valence-electron chi connectivity index (χ4n) is 1.73. The lowest BCUT2D eigenvalue weighted by molar-refractivity contribution is 0.263. The van der Waals surface area contributed by atoms with Crippen molar-refractivity contribution in [3.05, 3.63) is 29.2 Å². The van der Waals surface area contributed by atoms with Crippen LogP contribution in [0.4, 0.5) is 0 Å². The fourth-order valence-corrected chi connectivity index (χ4v) is 1.96. The van der Waals surface area contributed by atoms with E-state index < -0.39 is 0 Å². The highest BCUT2D eigenvalue weighted by Gasteiger charge is 2.11.